The third-order valence-electron chi connectivity index (χ3n) is 25.7. The van der Waals surface area contributed by atoms with Gasteiger partial charge in [0.2, 0.25) is 0 Å². The third kappa shape index (κ3) is 52.4. The predicted octanol–water partition coefficient (Wildman–Crippen LogP) is 13.3. The van der Waals surface area contributed by atoms with Crippen LogP contribution in [0.15, 0.2) is 72.8 Å². The number of nitrogens with one attached hydrogen (secondary N) is 16. The van der Waals surface area contributed by atoms with Crippen molar-refractivity contribution in [1.82, 2.24) is 105 Å². The first-order valence-electron chi connectivity index (χ1n) is 45.3. The van der Waals surface area contributed by atoms with E-state index in [2.05, 4.69) is 208 Å². The fourth-order valence-corrected chi connectivity index (χ4v) is 19.8. The van der Waals surface area contributed by atoms with Gasteiger partial charge in [-0.1, -0.05) is 192 Å². The zero-order valence-corrected chi connectivity index (χ0v) is 84.4. The standard InChI is InChI=1S/4C21H35N5.2CHNS.2CNS.4CH4.4ClH.4Mn.2H2O/c4*1-3-10-20-18(8-1)22-12-13-23-19-9-2-4-11-21(19)25-15-17-7-5-6-16(26-17)14-24-20;4*2-1-3;;;;;;;;;;;;;;/h4*5-7,18-25H,1-4,8-15H2;2*3H;;;4*1H4;4*1H;;;;;2*1H2/q;;;;;;2*-1;;;;;;;;;;;2*+2;;/p-6/t4*18?,19?,20-,21?;;;;;;;;;;;;;;;;;;/m1100................../s1. The molecule has 38 heteroatoms. The van der Waals surface area contributed by atoms with Crippen LogP contribution in [0.25, 0.3) is 10.8 Å². The molecule has 0 amide bonds. The topological polar surface area (TPSA) is 399 Å². The summed E-state index contributed by atoms with van der Waals surface area (Å²) in [5.41, 5.74) is 9.35. The summed E-state index contributed by atoms with van der Waals surface area (Å²) in [6.07, 6.45) is 42.1. The molecule has 4 aliphatic heterocycles. The van der Waals surface area contributed by atoms with Crippen molar-refractivity contribution in [2.75, 3.05) is 52.4 Å². The van der Waals surface area contributed by atoms with Crippen molar-refractivity contribution in [2.45, 2.75) is 384 Å². The van der Waals surface area contributed by atoms with Gasteiger partial charge in [-0.15, -0.1) is 0 Å². The van der Waals surface area contributed by atoms with E-state index in [0.717, 1.165) is 105 Å². The maximum Gasteiger partial charge on any atom is 0.0545 e. The SMILES string of the molecule is C.C.C.C.N#C[S-].N#C[S-].O.O.[Cl][Mn][Cl].[Cl][Mn][Cl].[Mn].[Mn].[N-]=C=S.[N-]=C=S.c1cc2nc(c1)CN[C@@H]1CCCCC1NCCNC1CCCCC1NC2.c1cc2nc(c1)CN[C@@H]1CCCCC1NCCNC1CCCCC1NC2.c1cc2nc(c1)CN[C@H]1CCCCC1NCCNC1CCCCC1NC2.c1cc2nc(c1)CN[C@H]1CCCCC1NCCNC1CCCCC1NC2. The van der Waals surface area contributed by atoms with Crippen LogP contribution in [0, 0.1) is 21.3 Å². The quantitative estimate of drug-likeness (QED) is 0.0256. The molecule has 2 radical (unpaired) electrons. The number of nitrogens with zero attached hydrogens (tertiary/aromatic N) is 8. The van der Waals surface area contributed by atoms with Crippen LogP contribution in [0.1, 0.15) is 281 Å². The van der Waals surface area contributed by atoms with E-state index in [1.54, 1.807) is 0 Å². The molecule has 12 aliphatic rings. The number of hydrogen-bond acceptors (Lipinski definition) is 26. The van der Waals surface area contributed by atoms with Crippen molar-refractivity contribution in [1.29, 1.82) is 10.5 Å². The van der Waals surface area contributed by atoms with E-state index in [-0.39, 0.29) is 101 Å². The van der Waals surface area contributed by atoms with Crippen molar-refractivity contribution in [3.63, 3.8) is 0 Å². The molecule has 4 aromatic rings. The molecule has 20 N–H and O–H groups in total. The van der Waals surface area contributed by atoms with Crippen molar-refractivity contribution in [3.05, 3.63) is 129 Å². The molecule has 4 aromatic heterocycles. The molecule has 8 bridgehead atoms. The van der Waals surface area contributed by atoms with E-state index >= 15 is 0 Å². The summed E-state index contributed by atoms with van der Waals surface area (Å²) >= 11 is 14.8. The summed E-state index contributed by atoms with van der Waals surface area (Å²) in [4.78, 5) is 19.6. The van der Waals surface area contributed by atoms with E-state index in [1.165, 1.54) is 272 Å². The smallest absolute Gasteiger partial charge is 0.0545 e. The molecule has 744 valence electrons. The maximum absolute atomic E-state index is 7.13. The number of thiocarbonyl (C=S) groups is 2. The molecule has 8 aliphatic carbocycles. The number of hydrogen-bond donors (Lipinski definition) is 16. The minimum atomic E-state index is 0. The van der Waals surface area contributed by atoms with Gasteiger partial charge in [-0.2, -0.15) is 10.3 Å². The largest absolute Gasteiger partial charge is 0.753 e. The van der Waals surface area contributed by atoms with Gasteiger partial charge < -0.3 is 132 Å². The van der Waals surface area contributed by atoms with E-state index < -0.39 is 0 Å². The Bertz CT molecular complexity index is 2980. The second-order valence-electron chi connectivity index (χ2n) is 33.6. The van der Waals surface area contributed by atoms with Crippen LogP contribution in [0.4, 0.5) is 0 Å². The fourth-order valence-electron chi connectivity index (χ4n) is 19.8. The van der Waals surface area contributed by atoms with Crippen LogP contribution >= 0.6 is 64.8 Å². The molecular formula is C92H160Cl4Mn4N24O2S4-4. The zero-order valence-electron chi connectivity index (χ0n) is 73.3. The Morgan fingerprint density at radius 2 is 0.346 bits per heavy atom. The van der Waals surface area contributed by atoms with Crippen molar-refractivity contribution in [3.8, 4) is 10.8 Å². The van der Waals surface area contributed by atoms with Crippen molar-refractivity contribution >= 4 is 100 Å². The summed E-state index contributed by atoms with van der Waals surface area (Å²) in [6, 6.07) is 35.2. The Hall–Kier alpha value is -1.86. The first-order valence-corrected chi connectivity index (χ1v) is 53.5. The molecule has 8 heterocycles. The van der Waals surface area contributed by atoms with Gasteiger partial charge in [0.15, 0.2) is 0 Å². The molecule has 8 saturated carbocycles. The Morgan fingerprint density at radius 1 is 0.262 bits per heavy atom. The average Bonchev–Trinajstić information content (AvgIpc) is 1.65. The first-order chi connectivity index (χ1) is 60.0. The van der Waals surface area contributed by atoms with Crippen LogP contribution in [-0.2, 0) is 138 Å². The van der Waals surface area contributed by atoms with E-state index in [4.69, 9.17) is 81.7 Å². The molecule has 26 nitrogen and oxygen atoms in total. The second-order valence-corrected chi connectivity index (χ2v) is 38.2. The Morgan fingerprint density at radius 3 is 0.438 bits per heavy atom. The number of rotatable bonds is 0. The molecule has 0 saturated heterocycles. The second kappa shape index (κ2) is 83.0. The number of halogens is 4. The Labute approximate surface area is 856 Å². The number of pyridine rings is 4. The minimum Gasteiger partial charge on any atom is -0.753 e. The fraction of sp³-hybridized carbons (Fsp3) is 0.739. The predicted molar refractivity (Wildman–Crippen MR) is 539 cm³/mol. The van der Waals surface area contributed by atoms with Gasteiger partial charge in [-0.05, 0) is 151 Å². The summed E-state index contributed by atoms with van der Waals surface area (Å²) in [6.45, 7) is 15.5. The number of nitriles is 2. The molecule has 0 aromatic carbocycles. The molecule has 16 atom stereocenters. The van der Waals surface area contributed by atoms with Crippen molar-refractivity contribution < 1.29 is 71.4 Å². The van der Waals surface area contributed by atoms with E-state index in [1.807, 2.05) is 0 Å². The zero-order chi connectivity index (χ0) is 86.7. The normalized spacial score (nSPS) is 27.7. The van der Waals surface area contributed by atoms with Gasteiger partial charge in [0.05, 0.1) is 45.6 Å². The first kappa shape index (κ1) is 130. The van der Waals surface area contributed by atoms with Crippen molar-refractivity contribution in [2.24, 2.45) is 0 Å². The third-order valence-corrected chi connectivity index (χ3v) is 25.7. The molecule has 130 heavy (non-hydrogen) atoms. The number of thiocyanates is 2. The Balaban J connectivity index is 0. The minimum absolute atomic E-state index is 0. The van der Waals surface area contributed by atoms with Gasteiger partial charge in [-0.3, -0.25) is 19.9 Å². The van der Waals surface area contributed by atoms with Gasteiger partial charge >= 0.3 is 66.7 Å². The summed E-state index contributed by atoms with van der Waals surface area (Å²) < 4.78 is 0. The number of aromatic nitrogens is 4. The molecule has 8 fully saturated rings. The molecule has 12 unspecified atom stereocenters. The van der Waals surface area contributed by atoms with Gasteiger partial charge in [0.1, 0.15) is 0 Å². The van der Waals surface area contributed by atoms with Crippen LogP contribution in [0.2, 0.25) is 0 Å². The maximum atomic E-state index is 7.13. The summed E-state index contributed by atoms with van der Waals surface area (Å²) in [5.74, 6) is 0. The number of isothiocyanates is 2. The van der Waals surface area contributed by atoms with Gasteiger partial charge in [0.25, 0.3) is 0 Å². The van der Waals surface area contributed by atoms with Crippen LogP contribution in [-0.4, -0.2) is 190 Å². The van der Waals surface area contributed by atoms with Gasteiger partial charge in [0, 0.05) is 236 Å². The van der Waals surface area contributed by atoms with Gasteiger partial charge in [-0.25, -0.2) is 10.5 Å². The van der Waals surface area contributed by atoms with Crippen LogP contribution in [0.5, 0.6) is 0 Å². The molecular weight excluding hydrogens is 1960 g/mol. The average molecular weight is 2120 g/mol. The van der Waals surface area contributed by atoms with E-state index in [0.29, 0.717) is 96.7 Å². The molecule has 0 spiro atoms. The summed E-state index contributed by atoms with van der Waals surface area (Å²) in [7, 11) is 19.2. The Kier molecular flexibility index (Phi) is 83.1. The van der Waals surface area contributed by atoms with E-state index in [9.17, 15) is 0 Å². The number of fused-ring (bicyclic) bond motifs is 16. The molecule has 16 rings (SSSR count). The van der Waals surface area contributed by atoms with Crippen LogP contribution < -0.4 is 85.1 Å². The summed E-state index contributed by atoms with van der Waals surface area (Å²) in [5, 5.41) is 94.8. The monoisotopic (exact) mass is 2120 g/mol. The van der Waals surface area contributed by atoms with Crippen LogP contribution in [0.3, 0.4) is 0 Å².